The third-order valence-electron chi connectivity index (χ3n) is 3.24. The Kier molecular flexibility index (Phi) is 5.41. The lowest BCUT2D eigenvalue weighted by atomic mass is 10.1. The van der Waals surface area contributed by atoms with Crippen LogP contribution in [0.15, 0.2) is 24.3 Å². The summed E-state index contributed by atoms with van der Waals surface area (Å²) in [6.07, 6.45) is -2.45. The molecule has 23 heavy (non-hydrogen) atoms. The molecule has 0 bridgehead atoms. The quantitative estimate of drug-likeness (QED) is 0.881. The van der Waals surface area contributed by atoms with E-state index < -0.39 is 6.43 Å². The van der Waals surface area contributed by atoms with Gasteiger partial charge in [-0.3, -0.25) is 0 Å². The van der Waals surface area contributed by atoms with Crippen molar-refractivity contribution in [3.63, 3.8) is 0 Å². The van der Waals surface area contributed by atoms with Crippen LogP contribution in [-0.2, 0) is 6.54 Å². The fraction of sp³-hybridized carbons (Fsp3) is 0.438. The molecule has 0 amide bonds. The Bertz CT molecular complexity index is 615. The molecule has 2 rings (SSSR count). The zero-order valence-electron chi connectivity index (χ0n) is 13.7. The lowest BCUT2D eigenvalue weighted by Gasteiger charge is -2.14. The van der Waals surface area contributed by atoms with Crippen molar-refractivity contribution in [2.75, 3.05) is 24.3 Å². The Morgan fingerprint density at radius 3 is 2.22 bits per heavy atom. The van der Waals surface area contributed by atoms with Crippen LogP contribution in [0.3, 0.4) is 0 Å². The van der Waals surface area contributed by atoms with E-state index in [1.165, 1.54) is 12.1 Å². The molecule has 0 aliphatic rings. The van der Waals surface area contributed by atoms with Crippen molar-refractivity contribution in [1.82, 2.24) is 15.0 Å². The van der Waals surface area contributed by atoms with Crippen LogP contribution in [0.1, 0.15) is 43.1 Å². The second-order valence-electron chi connectivity index (χ2n) is 5.76. The summed E-state index contributed by atoms with van der Waals surface area (Å²) in [5.74, 6) is 1.95. The predicted molar refractivity (Wildman–Crippen MR) is 87.0 cm³/mol. The highest BCUT2D eigenvalue weighted by atomic mass is 19.3. The van der Waals surface area contributed by atoms with E-state index >= 15 is 0 Å². The van der Waals surface area contributed by atoms with Gasteiger partial charge in [0.15, 0.2) is 0 Å². The molecule has 0 spiro atoms. The maximum absolute atomic E-state index is 12.5. The first-order valence-corrected chi connectivity index (χ1v) is 7.41. The van der Waals surface area contributed by atoms with Crippen LogP contribution >= 0.6 is 0 Å². The smallest absolute Gasteiger partial charge is 0.263 e. The first-order chi connectivity index (χ1) is 10.9. The molecule has 7 heteroatoms. The predicted octanol–water partition coefficient (Wildman–Crippen LogP) is 3.61. The molecule has 0 saturated carbocycles. The number of nitrogens with zero attached hydrogens (tertiary/aromatic N) is 4. The normalized spacial score (nSPS) is 11.1. The Morgan fingerprint density at radius 2 is 1.70 bits per heavy atom. The fourth-order valence-corrected chi connectivity index (χ4v) is 1.88. The van der Waals surface area contributed by atoms with Crippen LogP contribution < -0.4 is 10.2 Å². The van der Waals surface area contributed by atoms with E-state index in [0.717, 1.165) is 5.56 Å². The van der Waals surface area contributed by atoms with Crippen LogP contribution in [-0.4, -0.2) is 29.0 Å². The van der Waals surface area contributed by atoms with Crippen LogP contribution in [0.2, 0.25) is 0 Å². The monoisotopic (exact) mass is 321 g/mol. The summed E-state index contributed by atoms with van der Waals surface area (Å²) >= 11 is 0. The molecule has 0 unspecified atom stereocenters. The molecular formula is C16H21F2N5. The third-order valence-corrected chi connectivity index (χ3v) is 3.24. The minimum Gasteiger partial charge on any atom is -0.350 e. The summed E-state index contributed by atoms with van der Waals surface area (Å²) in [4.78, 5) is 15.0. The second kappa shape index (κ2) is 7.30. The Morgan fingerprint density at radius 1 is 1.04 bits per heavy atom. The van der Waals surface area contributed by atoms with Crippen molar-refractivity contribution in [1.29, 1.82) is 0 Å². The zero-order valence-corrected chi connectivity index (χ0v) is 13.7. The van der Waals surface area contributed by atoms with E-state index in [9.17, 15) is 8.78 Å². The molecule has 124 valence electrons. The van der Waals surface area contributed by atoms with Crippen LogP contribution in [0.5, 0.6) is 0 Å². The number of hydrogen-bond acceptors (Lipinski definition) is 5. The van der Waals surface area contributed by atoms with Gasteiger partial charge in [0, 0.05) is 32.1 Å². The third kappa shape index (κ3) is 4.58. The van der Waals surface area contributed by atoms with Gasteiger partial charge >= 0.3 is 0 Å². The summed E-state index contributed by atoms with van der Waals surface area (Å²) in [6.45, 7) is 4.49. The van der Waals surface area contributed by atoms with Gasteiger partial charge < -0.3 is 10.2 Å². The molecule has 0 aliphatic heterocycles. The number of alkyl halides is 2. The SMILES string of the molecule is CC(C)c1nc(NCc2ccc(C(F)F)cc2)nc(N(C)C)n1. The first-order valence-electron chi connectivity index (χ1n) is 7.41. The molecular weight excluding hydrogens is 300 g/mol. The van der Waals surface area contributed by atoms with Gasteiger partial charge in [0.2, 0.25) is 11.9 Å². The molecule has 1 aromatic carbocycles. The standard InChI is InChI=1S/C16H21F2N5/c1-10(2)14-20-15(22-16(21-14)23(3)4)19-9-11-5-7-12(8-6-11)13(17)18/h5-8,10,13H,9H2,1-4H3,(H,19,20,21,22). The van der Waals surface area contributed by atoms with Crippen LogP contribution in [0.4, 0.5) is 20.7 Å². The van der Waals surface area contributed by atoms with E-state index in [0.29, 0.717) is 24.3 Å². The van der Waals surface area contributed by atoms with E-state index in [4.69, 9.17) is 0 Å². The summed E-state index contributed by atoms with van der Waals surface area (Å²) in [5, 5.41) is 3.12. The Hall–Kier alpha value is -2.31. The lowest BCUT2D eigenvalue weighted by Crippen LogP contribution is -2.17. The first kappa shape index (κ1) is 17.1. The van der Waals surface area contributed by atoms with Crippen molar-refractivity contribution in [3.8, 4) is 0 Å². The van der Waals surface area contributed by atoms with Gasteiger partial charge in [-0.15, -0.1) is 0 Å². The molecule has 0 radical (unpaired) electrons. The van der Waals surface area contributed by atoms with Crippen molar-refractivity contribution in [3.05, 3.63) is 41.2 Å². The summed E-state index contributed by atoms with van der Waals surface area (Å²) in [7, 11) is 3.73. The van der Waals surface area contributed by atoms with Crippen molar-refractivity contribution in [2.24, 2.45) is 0 Å². The van der Waals surface area contributed by atoms with Gasteiger partial charge in [0.05, 0.1) is 0 Å². The van der Waals surface area contributed by atoms with E-state index in [2.05, 4.69) is 20.3 Å². The number of benzene rings is 1. The summed E-state index contributed by atoms with van der Waals surface area (Å²) < 4.78 is 25.1. The number of anilines is 2. The largest absolute Gasteiger partial charge is 0.350 e. The topological polar surface area (TPSA) is 53.9 Å². The molecule has 0 aliphatic carbocycles. The molecule has 5 nitrogen and oxygen atoms in total. The van der Waals surface area contributed by atoms with Gasteiger partial charge in [0.25, 0.3) is 6.43 Å². The highest BCUT2D eigenvalue weighted by molar-refractivity contribution is 5.37. The van der Waals surface area contributed by atoms with Crippen molar-refractivity contribution in [2.45, 2.75) is 32.7 Å². The molecule has 1 heterocycles. The molecule has 0 atom stereocenters. The maximum atomic E-state index is 12.5. The summed E-state index contributed by atoms with van der Waals surface area (Å²) in [6, 6.07) is 6.21. The van der Waals surface area contributed by atoms with Crippen molar-refractivity contribution >= 4 is 11.9 Å². The van der Waals surface area contributed by atoms with E-state index in [1.54, 1.807) is 12.1 Å². The second-order valence-corrected chi connectivity index (χ2v) is 5.76. The Balaban J connectivity index is 2.13. The van der Waals surface area contributed by atoms with Gasteiger partial charge in [-0.05, 0) is 5.56 Å². The number of nitrogens with one attached hydrogen (secondary N) is 1. The van der Waals surface area contributed by atoms with E-state index in [1.807, 2.05) is 32.8 Å². The van der Waals surface area contributed by atoms with Crippen LogP contribution in [0.25, 0.3) is 0 Å². The van der Waals surface area contributed by atoms with Crippen molar-refractivity contribution < 1.29 is 8.78 Å². The number of rotatable bonds is 6. The van der Waals surface area contributed by atoms with Gasteiger partial charge in [-0.25, -0.2) is 8.78 Å². The van der Waals surface area contributed by atoms with E-state index in [-0.39, 0.29) is 11.5 Å². The number of hydrogen-bond donors (Lipinski definition) is 1. The fourth-order valence-electron chi connectivity index (χ4n) is 1.88. The van der Waals surface area contributed by atoms with Gasteiger partial charge in [-0.1, -0.05) is 38.1 Å². The minimum atomic E-state index is -2.45. The molecule has 2 aromatic rings. The molecule has 1 N–H and O–H groups in total. The van der Waals surface area contributed by atoms with Gasteiger partial charge in [0.1, 0.15) is 5.82 Å². The molecule has 0 saturated heterocycles. The highest BCUT2D eigenvalue weighted by Crippen LogP contribution is 2.19. The molecule has 0 fully saturated rings. The summed E-state index contributed by atoms with van der Waals surface area (Å²) in [5.41, 5.74) is 0.901. The van der Waals surface area contributed by atoms with Gasteiger partial charge in [-0.2, -0.15) is 15.0 Å². The highest BCUT2D eigenvalue weighted by Gasteiger charge is 2.11. The minimum absolute atomic E-state index is 0.0194. The lowest BCUT2D eigenvalue weighted by molar-refractivity contribution is 0.151. The number of aromatic nitrogens is 3. The Labute approximate surface area is 134 Å². The average molecular weight is 321 g/mol. The maximum Gasteiger partial charge on any atom is 0.263 e. The number of halogens is 2. The van der Waals surface area contributed by atoms with Crippen LogP contribution in [0, 0.1) is 0 Å². The average Bonchev–Trinajstić information content (AvgIpc) is 2.52. The molecule has 1 aromatic heterocycles. The zero-order chi connectivity index (χ0) is 17.0.